The standard InChI is InChI=1S/C19H19FN6O/c1-2-26(15-6-4-3-5-7-15)18-16(21)17(22-12-23-18)24-25-19(27)13-8-10-14(20)11-9-13/h3-12H,2,21H2,1H3,(H,25,27)(H,22,23,24). The molecule has 0 unspecified atom stereocenters. The van der Waals surface area contributed by atoms with Crippen LogP contribution < -0.4 is 21.5 Å². The van der Waals surface area contributed by atoms with E-state index in [9.17, 15) is 9.18 Å². The number of anilines is 4. The van der Waals surface area contributed by atoms with E-state index in [2.05, 4.69) is 20.8 Å². The van der Waals surface area contributed by atoms with Gasteiger partial charge in [0.15, 0.2) is 11.6 Å². The number of nitrogen functional groups attached to an aromatic ring is 1. The van der Waals surface area contributed by atoms with Gasteiger partial charge in [0, 0.05) is 17.8 Å². The molecule has 8 heteroatoms. The average molecular weight is 366 g/mol. The molecule has 7 nitrogen and oxygen atoms in total. The van der Waals surface area contributed by atoms with Crippen LogP contribution in [0.1, 0.15) is 17.3 Å². The van der Waals surface area contributed by atoms with Crippen molar-refractivity contribution in [2.45, 2.75) is 6.92 Å². The van der Waals surface area contributed by atoms with Crippen molar-refractivity contribution in [3.8, 4) is 0 Å². The number of aromatic nitrogens is 2. The van der Waals surface area contributed by atoms with E-state index in [1.54, 1.807) is 0 Å². The minimum absolute atomic E-state index is 0.268. The number of nitrogens with two attached hydrogens (primary N) is 1. The van der Waals surface area contributed by atoms with Crippen molar-refractivity contribution in [3.63, 3.8) is 0 Å². The zero-order valence-electron chi connectivity index (χ0n) is 14.7. The summed E-state index contributed by atoms with van der Waals surface area (Å²) in [5.41, 5.74) is 12.9. The van der Waals surface area contributed by atoms with Crippen LogP contribution in [-0.4, -0.2) is 22.4 Å². The van der Waals surface area contributed by atoms with Gasteiger partial charge in [-0.15, -0.1) is 0 Å². The van der Waals surface area contributed by atoms with Gasteiger partial charge in [-0.2, -0.15) is 0 Å². The normalized spacial score (nSPS) is 10.3. The first-order valence-corrected chi connectivity index (χ1v) is 8.35. The van der Waals surface area contributed by atoms with Crippen molar-refractivity contribution in [2.75, 3.05) is 22.6 Å². The summed E-state index contributed by atoms with van der Waals surface area (Å²) in [4.78, 5) is 22.4. The van der Waals surface area contributed by atoms with Crippen molar-refractivity contribution in [1.29, 1.82) is 0 Å². The number of benzene rings is 2. The number of nitrogens with zero attached hydrogens (tertiary/aromatic N) is 3. The Bertz CT molecular complexity index is 917. The summed E-state index contributed by atoms with van der Waals surface area (Å²) in [5.74, 6) is -0.0585. The van der Waals surface area contributed by atoms with Crippen LogP contribution in [-0.2, 0) is 0 Å². The number of hydrogen-bond acceptors (Lipinski definition) is 6. The molecule has 0 spiro atoms. The zero-order chi connectivity index (χ0) is 19.2. The molecule has 0 aliphatic heterocycles. The van der Waals surface area contributed by atoms with Crippen LogP contribution in [0.5, 0.6) is 0 Å². The Balaban J connectivity index is 1.78. The summed E-state index contributed by atoms with van der Waals surface area (Å²) in [6, 6.07) is 14.9. The van der Waals surface area contributed by atoms with Crippen molar-refractivity contribution in [3.05, 3.63) is 72.3 Å². The number of para-hydroxylation sites is 1. The molecule has 0 aliphatic carbocycles. The topological polar surface area (TPSA) is 96.2 Å². The first kappa shape index (κ1) is 18.1. The van der Waals surface area contributed by atoms with Crippen LogP contribution in [0.25, 0.3) is 0 Å². The van der Waals surface area contributed by atoms with Gasteiger partial charge < -0.3 is 10.6 Å². The molecule has 1 heterocycles. The molecule has 0 radical (unpaired) electrons. The number of hydrazine groups is 1. The van der Waals surface area contributed by atoms with Crippen molar-refractivity contribution < 1.29 is 9.18 Å². The number of carbonyl (C=O) groups excluding carboxylic acids is 1. The van der Waals surface area contributed by atoms with E-state index >= 15 is 0 Å². The van der Waals surface area contributed by atoms with Gasteiger partial charge in [-0.05, 0) is 43.3 Å². The molecule has 1 amide bonds. The molecule has 3 rings (SSSR count). The highest BCUT2D eigenvalue weighted by molar-refractivity contribution is 5.95. The van der Waals surface area contributed by atoms with Gasteiger partial charge in [-0.1, -0.05) is 18.2 Å². The molecule has 0 fully saturated rings. The Hall–Kier alpha value is -3.68. The second-order valence-electron chi connectivity index (χ2n) is 5.63. The van der Waals surface area contributed by atoms with Gasteiger partial charge in [0.2, 0.25) is 0 Å². The highest BCUT2D eigenvalue weighted by Crippen LogP contribution is 2.31. The molecule has 0 atom stereocenters. The molecule has 1 aromatic heterocycles. The summed E-state index contributed by atoms with van der Waals surface area (Å²) >= 11 is 0. The Morgan fingerprint density at radius 3 is 2.48 bits per heavy atom. The molecule has 0 saturated carbocycles. The van der Waals surface area contributed by atoms with E-state index in [0.29, 0.717) is 23.6 Å². The van der Waals surface area contributed by atoms with Crippen LogP contribution in [0.3, 0.4) is 0 Å². The first-order chi connectivity index (χ1) is 13.1. The molecule has 27 heavy (non-hydrogen) atoms. The van der Waals surface area contributed by atoms with E-state index in [0.717, 1.165) is 5.69 Å². The summed E-state index contributed by atoms with van der Waals surface area (Å²) < 4.78 is 13.0. The molecule has 138 valence electrons. The third-order valence-corrected chi connectivity index (χ3v) is 3.90. The lowest BCUT2D eigenvalue weighted by Crippen LogP contribution is -2.30. The number of rotatable bonds is 6. The lowest BCUT2D eigenvalue weighted by molar-refractivity contribution is 0.0962. The van der Waals surface area contributed by atoms with Crippen LogP contribution >= 0.6 is 0 Å². The second kappa shape index (κ2) is 8.13. The third-order valence-electron chi connectivity index (χ3n) is 3.90. The maximum absolute atomic E-state index is 13.0. The van der Waals surface area contributed by atoms with Crippen LogP contribution in [0, 0.1) is 5.82 Å². The second-order valence-corrected chi connectivity index (χ2v) is 5.63. The van der Waals surface area contributed by atoms with Gasteiger partial charge in [0.25, 0.3) is 5.91 Å². The highest BCUT2D eigenvalue weighted by atomic mass is 19.1. The van der Waals surface area contributed by atoms with Gasteiger partial charge in [0.1, 0.15) is 17.8 Å². The van der Waals surface area contributed by atoms with Gasteiger partial charge >= 0.3 is 0 Å². The number of hydrogen-bond donors (Lipinski definition) is 3. The summed E-state index contributed by atoms with van der Waals surface area (Å²) in [5, 5.41) is 0. The molecule has 4 N–H and O–H groups in total. The number of nitrogens with one attached hydrogen (secondary N) is 2. The molecular formula is C19H19FN6O. The molecule has 0 bridgehead atoms. The molecule has 0 aliphatic rings. The Morgan fingerprint density at radius 2 is 1.81 bits per heavy atom. The summed E-state index contributed by atoms with van der Waals surface area (Å²) in [6.07, 6.45) is 1.36. The fourth-order valence-corrected chi connectivity index (χ4v) is 2.55. The SMILES string of the molecule is CCN(c1ccccc1)c1ncnc(NNC(=O)c2ccc(F)cc2)c1N. The van der Waals surface area contributed by atoms with Gasteiger partial charge in [0.05, 0.1) is 0 Å². The monoisotopic (exact) mass is 366 g/mol. The van der Waals surface area contributed by atoms with E-state index in [1.165, 1.54) is 30.6 Å². The fourth-order valence-electron chi connectivity index (χ4n) is 2.55. The van der Waals surface area contributed by atoms with E-state index < -0.39 is 11.7 Å². The van der Waals surface area contributed by atoms with Crippen LogP contribution in [0.4, 0.5) is 27.4 Å². The highest BCUT2D eigenvalue weighted by Gasteiger charge is 2.16. The number of halogens is 1. The van der Waals surface area contributed by atoms with Gasteiger partial charge in [-0.25, -0.2) is 14.4 Å². The Kier molecular flexibility index (Phi) is 5.46. The quantitative estimate of drug-likeness (QED) is 0.580. The lowest BCUT2D eigenvalue weighted by atomic mass is 10.2. The van der Waals surface area contributed by atoms with Crippen LogP contribution in [0.2, 0.25) is 0 Å². The average Bonchev–Trinajstić information content (AvgIpc) is 2.70. The lowest BCUT2D eigenvalue weighted by Gasteiger charge is -2.24. The van der Waals surface area contributed by atoms with Crippen LogP contribution in [0.15, 0.2) is 60.9 Å². The maximum atomic E-state index is 13.0. The Morgan fingerprint density at radius 1 is 1.11 bits per heavy atom. The number of amides is 1. The Labute approximate surface area is 156 Å². The fraction of sp³-hybridized carbons (Fsp3) is 0.105. The third kappa shape index (κ3) is 4.12. The smallest absolute Gasteiger partial charge is 0.269 e. The zero-order valence-corrected chi connectivity index (χ0v) is 14.7. The van der Waals surface area contributed by atoms with E-state index in [-0.39, 0.29) is 5.82 Å². The number of carbonyl (C=O) groups is 1. The summed E-state index contributed by atoms with van der Waals surface area (Å²) in [7, 11) is 0. The van der Waals surface area contributed by atoms with Gasteiger partial charge in [-0.3, -0.25) is 15.6 Å². The summed E-state index contributed by atoms with van der Waals surface area (Å²) in [6.45, 7) is 2.63. The predicted octanol–water partition coefficient (Wildman–Crippen LogP) is 3.11. The first-order valence-electron chi connectivity index (χ1n) is 8.35. The van der Waals surface area contributed by atoms with Crippen molar-refractivity contribution in [1.82, 2.24) is 15.4 Å². The maximum Gasteiger partial charge on any atom is 0.269 e. The molecule has 0 saturated heterocycles. The largest absolute Gasteiger partial charge is 0.393 e. The minimum atomic E-state index is -0.440. The van der Waals surface area contributed by atoms with E-state index in [1.807, 2.05) is 42.2 Å². The van der Waals surface area contributed by atoms with E-state index in [4.69, 9.17) is 5.73 Å². The van der Waals surface area contributed by atoms with Crippen molar-refractivity contribution >= 4 is 28.9 Å². The molecule has 3 aromatic rings. The molecule has 2 aromatic carbocycles. The minimum Gasteiger partial charge on any atom is -0.393 e. The van der Waals surface area contributed by atoms with Crippen molar-refractivity contribution in [2.24, 2.45) is 0 Å². The predicted molar refractivity (Wildman–Crippen MR) is 103 cm³/mol. The molecular weight excluding hydrogens is 347 g/mol.